The minimum absolute atomic E-state index is 0.0792. The summed E-state index contributed by atoms with van der Waals surface area (Å²) in [7, 11) is 0. The highest BCUT2D eigenvalue weighted by molar-refractivity contribution is 5.91. The summed E-state index contributed by atoms with van der Waals surface area (Å²) < 4.78 is 0. The van der Waals surface area contributed by atoms with Gasteiger partial charge in [0.25, 0.3) is 0 Å². The van der Waals surface area contributed by atoms with Gasteiger partial charge < -0.3 is 16.4 Å². The first-order valence-corrected chi connectivity index (χ1v) is 6.94. The van der Waals surface area contributed by atoms with Crippen molar-refractivity contribution in [2.24, 2.45) is 11.1 Å². The minimum atomic E-state index is -0.458. The summed E-state index contributed by atoms with van der Waals surface area (Å²) in [6.45, 7) is 12.2. The van der Waals surface area contributed by atoms with Crippen LogP contribution >= 0.6 is 0 Å². The Morgan fingerprint density at radius 2 is 1.70 bits per heavy atom. The highest BCUT2D eigenvalue weighted by Crippen LogP contribution is 2.18. The molecule has 0 fully saturated rings. The quantitative estimate of drug-likeness (QED) is 0.635. The summed E-state index contributed by atoms with van der Waals surface area (Å²) in [6, 6.07) is -0.412. The zero-order valence-corrected chi connectivity index (χ0v) is 13.5. The molecule has 0 aliphatic rings. The number of amides is 1. The summed E-state index contributed by atoms with van der Waals surface area (Å²) in [6.07, 6.45) is 2.96. The number of rotatable bonds is 6. The molecule has 1 amide bonds. The van der Waals surface area contributed by atoms with Crippen LogP contribution in [-0.2, 0) is 9.59 Å². The largest absolute Gasteiger partial charge is 0.351 e. The molecule has 0 aromatic heterocycles. The molecule has 0 aliphatic carbocycles. The van der Waals surface area contributed by atoms with Crippen molar-refractivity contribution in [3.63, 3.8) is 0 Å². The summed E-state index contributed by atoms with van der Waals surface area (Å²) in [5.41, 5.74) is 4.63. The van der Waals surface area contributed by atoms with E-state index in [-0.39, 0.29) is 23.8 Å². The van der Waals surface area contributed by atoms with Crippen LogP contribution in [0, 0.1) is 5.41 Å². The number of hydrogen-bond acceptors (Lipinski definition) is 4. The average molecular weight is 283 g/mol. The predicted octanol–water partition coefficient (Wildman–Crippen LogP) is 0.989. The van der Waals surface area contributed by atoms with Crippen LogP contribution in [0.3, 0.4) is 0 Å². The molecule has 0 heterocycles. The van der Waals surface area contributed by atoms with Gasteiger partial charge in [-0.2, -0.15) is 0 Å². The predicted molar refractivity (Wildman–Crippen MR) is 82.3 cm³/mol. The molecule has 0 bridgehead atoms. The van der Waals surface area contributed by atoms with Gasteiger partial charge >= 0.3 is 0 Å². The maximum Gasteiger partial charge on any atom is 0.243 e. The number of ketones is 1. The molecular formula is C15H29N3O2. The summed E-state index contributed by atoms with van der Waals surface area (Å²) in [5.74, 6) is -0.159. The average Bonchev–Trinajstić information content (AvgIpc) is 2.28. The van der Waals surface area contributed by atoms with E-state index < -0.39 is 11.5 Å². The lowest BCUT2D eigenvalue weighted by molar-refractivity contribution is -0.129. The van der Waals surface area contributed by atoms with Crippen LogP contribution in [0.4, 0.5) is 0 Å². The second-order valence-electron chi connectivity index (χ2n) is 6.94. The molecule has 0 aliphatic heterocycles. The van der Waals surface area contributed by atoms with Crippen LogP contribution < -0.4 is 16.4 Å². The Morgan fingerprint density at radius 1 is 1.15 bits per heavy atom. The molecule has 1 atom stereocenters. The van der Waals surface area contributed by atoms with Crippen LogP contribution in [0.1, 0.15) is 41.5 Å². The molecule has 0 saturated heterocycles. The van der Waals surface area contributed by atoms with Crippen LogP contribution in [0.5, 0.6) is 0 Å². The standard InChI is InChI=1S/C15H29N3O2/c1-14(2,3)13(20)11(18-15(4,5)6)10-17-12(19)8-7-9-16/h7-8,11,18H,9-10,16H2,1-6H3,(H,17,19)/b8-7+. The van der Waals surface area contributed by atoms with Gasteiger partial charge in [0.2, 0.25) is 5.91 Å². The maximum atomic E-state index is 12.4. The second kappa shape index (κ2) is 7.55. The van der Waals surface area contributed by atoms with Gasteiger partial charge in [0.05, 0.1) is 6.04 Å². The Balaban J connectivity index is 4.76. The van der Waals surface area contributed by atoms with Crippen molar-refractivity contribution >= 4 is 11.7 Å². The van der Waals surface area contributed by atoms with E-state index in [0.29, 0.717) is 6.54 Å². The Labute approximate surface area is 122 Å². The fourth-order valence-corrected chi connectivity index (χ4v) is 1.69. The van der Waals surface area contributed by atoms with E-state index >= 15 is 0 Å². The molecule has 0 spiro atoms. The van der Waals surface area contributed by atoms with Gasteiger partial charge in [-0.15, -0.1) is 0 Å². The molecule has 0 aromatic carbocycles. The number of carbonyl (C=O) groups is 2. The highest BCUT2D eigenvalue weighted by Gasteiger charge is 2.31. The zero-order chi connectivity index (χ0) is 16.0. The Bertz CT molecular complexity index is 362. The van der Waals surface area contributed by atoms with Crippen molar-refractivity contribution in [1.82, 2.24) is 10.6 Å². The fraction of sp³-hybridized carbons (Fsp3) is 0.733. The number of Topliss-reactive ketones (excluding diaryl/α,β-unsaturated/α-hetero) is 1. The van der Waals surface area contributed by atoms with Gasteiger partial charge in [0.15, 0.2) is 5.78 Å². The zero-order valence-electron chi connectivity index (χ0n) is 13.5. The first kappa shape index (κ1) is 18.8. The van der Waals surface area contributed by atoms with Gasteiger partial charge in [-0.05, 0) is 20.8 Å². The fourth-order valence-electron chi connectivity index (χ4n) is 1.69. The van der Waals surface area contributed by atoms with Crippen molar-refractivity contribution in [3.8, 4) is 0 Å². The molecule has 0 saturated carbocycles. The van der Waals surface area contributed by atoms with Crippen molar-refractivity contribution in [2.75, 3.05) is 13.1 Å². The molecule has 1 unspecified atom stereocenters. The molecule has 4 N–H and O–H groups in total. The SMILES string of the molecule is CC(C)(C)NC(CNC(=O)/C=C/CN)C(=O)C(C)(C)C. The van der Waals surface area contributed by atoms with Crippen LogP contribution in [-0.4, -0.2) is 36.4 Å². The molecule has 0 rings (SSSR count). The van der Waals surface area contributed by atoms with Gasteiger partial charge in [-0.25, -0.2) is 0 Å². The topological polar surface area (TPSA) is 84.2 Å². The number of nitrogens with two attached hydrogens (primary N) is 1. The summed E-state index contributed by atoms with van der Waals surface area (Å²) in [4.78, 5) is 24.0. The normalized spacial score (nSPS) is 14.3. The van der Waals surface area contributed by atoms with E-state index in [4.69, 9.17) is 5.73 Å². The van der Waals surface area contributed by atoms with E-state index in [2.05, 4.69) is 10.6 Å². The van der Waals surface area contributed by atoms with Crippen LogP contribution in [0.15, 0.2) is 12.2 Å². The molecule has 5 nitrogen and oxygen atoms in total. The van der Waals surface area contributed by atoms with Crippen molar-refractivity contribution in [3.05, 3.63) is 12.2 Å². The highest BCUT2D eigenvalue weighted by atomic mass is 16.1. The maximum absolute atomic E-state index is 12.4. The minimum Gasteiger partial charge on any atom is -0.351 e. The van der Waals surface area contributed by atoms with E-state index in [1.165, 1.54) is 6.08 Å². The van der Waals surface area contributed by atoms with Gasteiger partial charge in [0.1, 0.15) is 0 Å². The number of nitrogens with one attached hydrogen (secondary N) is 2. The lowest BCUT2D eigenvalue weighted by atomic mass is 9.85. The van der Waals surface area contributed by atoms with Gasteiger partial charge in [-0.1, -0.05) is 26.8 Å². The van der Waals surface area contributed by atoms with Gasteiger partial charge in [-0.3, -0.25) is 9.59 Å². The van der Waals surface area contributed by atoms with E-state index in [1.807, 2.05) is 41.5 Å². The van der Waals surface area contributed by atoms with E-state index in [1.54, 1.807) is 6.08 Å². The molecule has 0 radical (unpaired) electrons. The molecule has 5 heteroatoms. The lowest BCUT2D eigenvalue weighted by Gasteiger charge is -2.31. The Morgan fingerprint density at radius 3 is 2.10 bits per heavy atom. The first-order chi connectivity index (χ1) is 8.97. The summed E-state index contributed by atoms with van der Waals surface area (Å²) in [5, 5.41) is 5.99. The molecule has 116 valence electrons. The third-order valence-electron chi connectivity index (χ3n) is 2.55. The lowest BCUT2D eigenvalue weighted by Crippen LogP contribution is -2.55. The van der Waals surface area contributed by atoms with Crippen LogP contribution in [0.2, 0.25) is 0 Å². The van der Waals surface area contributed by atoms with Crippen molar-refractivity contribution < 1.29 is 9.59 Å². The number of hydrogen-bond donors (Lipinski definition) is 3. The van der Waals surface area contributed by atoms with Gasteiger partial charge in [0, 0.05) is 30.1 Å². The van der Waals surface area contributed by atoms with Crippen molar-refractivity contribution in [1.29, 1.82) is 0 Å². The molecule has 20 heavy (non-hydrogen) atoms. The first-order valence-electron chi connectivity index (χ1n) is 6.94. The Hall–Kier alpha value is -1.20. The monoisotopic (exact) mass is 283 g/mol. The smallest absolute Gasteiger partial charge is 0.243 e. The van der Waals surface area contributed by atoms with E-state index in [0.717, 1.165) is 0 Å². The molecular weight excluding hydrogens is 254 g/mol. The third-order valence-corrected chi connectivity index (χ3v) is 2.55. The molecule has 0 aromatic rings. The second-order valence-corrected chi connectivity index (χ2v) is 6.94. The Kier molecular flexibility index (Phi) is 7.09. The third kappa shape index (κ3) is 8.07. The number of carbonyl (C=O) groups excluding carboxylic acids is 2. The van der Waals surface area contributed by atoms with E-state index in [9.17, 15) is 9.59 Å². The van der Waals surface area contributed by atoms with Crippen molar-refractivity contribution in [2.45, 2.75) is 53.1 Å². The summed E-state index contributed by atoms with van der Waals surface area (Å²) >= 11 is 0. The van der Waals surface area contributed by atoms with Crippen LogP contribution in [0.25, 0.3) is 0 Å².